The van der Waals surface area contributed by atoms with E-state index >= 15 is 0 Å². The van der Waals surface area contributed by atoms with Crippen molar-refractivity contribution in [1.82, 2.24) is 9.97 Å². The largest absolute Gasteiger partial charge is 0.378 e. The number of nitrogens with one attached hydrogen (secondary N) is 1. The van der Waals surface area contributed by atoms with Crippen LogP contribution in [0.15, 0.2) is 35.4 Å². The summed E-state index contributed by atoms with van der Waals surface area (Å²) in [6.45, 7) is 0.424. The Morgan fingerprint density at radius 3 is 2.57 bits per heavy atom. The molecule has 1 unspecified atom stereocenters. The van der Waals surface area contributed by atoms with Crippen LogP contribution in [0.25, 0.3) is 0 Å². The second kappa shape index (κ2) is 6.27. The molecular weight excluding hydrogens is 294 g/mol. The zero-order valence-electron chi connectivity index (χ0n) is 11.1. The van der Waals surface area contributed by atoms with Crippen LogP contribution < -0.4 is 11.1 Å². The molecule has 3 N–H and O–H groups in total. The molecule has 0 fully saturated rings. The Morgan fingerprint density at radius 1 is 1.38 bits per heavy atom. The predicted octanol–water partition coefficient (Wildman–Crippen LogP) is 1.32. The molecular formula is C12H13N5O3S. The van der Waals surface area contributed by atoms with Crippen molar-refractivity contribution in [3.63, 3.8) is 0 Å². The minimum atomic E-state index is -1.01. The van der Waals surface area contributed by atoms with Crippen LogP contribution in [0, 0.1) is 10.1 Å². The second-order valence-corrected chi connectivity index (χ2v) is 5.55. The lowest BCUT2D eigenvalue weighted by molar-refractivity contribution is -0.384. The van der Waals surface area contributed by atoms with E-state index in [0.717, 1.165) is 16.7 Å². The van der Waals surface area contributed by atoms with Gasteiger partial charge in [0.15, 0.2) is 0 Å². The number of nitrogen functional groups attached to an aromatic ring is 1. The molecule has 0 aliphatic heterocycles. The van der Waals surface area contributed by atoms with E-state index in [1.165, 1.54) is 0 Å². The summed E-state index contributed by atoms with van der Waals surface area (Å²) < 4.78 is 11.3. The Hall–Kier alpha value is -2.55. The van der Waals surface area contributed by atoms with Crippen LogP contribution in [-0.4, -0.2) is 25.4 Å². The minimum Gasteiger partial charge on any atom is -0.378 e. The summed E-state index contributed by atoms with van der Waals surface area (Å²) in [5.74, 6) is 0.0236. The zero-order chi connectivity index (χ0) is 15.4. The number of nitro groups is 1. The fraction of sp³-hybridized carbons (Fsp3) is 0.167. The first-order valence-corrected chi connectivity index (χ1v) is 7.46. The van der Waals surface area contributed by atoms with E-state index in [9.17, 15) is 14.3 Å². The normalized spacial score (nSPS) is 11.9. The molecule has 0 amide bonds. The molecule has 21 heavy (non-hydrogen) atoms. The van der Waals surface area contributed by atoms with Crippen LogP contribution >= 0.6 is 0 Å². The van der Waals surface area contributed by atoms with Gasteiger partial charge in [-0.15, -0.1) is 0 Å². The molecule has 8 nitrogen and oxygen atoms in total. The van der Waals surface area contributed by atoms with Gasteiger partial charge in [0.2, 0.25) is 11.8 Å². The highest BCUT2D eigenvalue weighted by Crippen LogP contribution is 2.18. The summed E-state index contributed by atoms with van der Waals surface area (Å²) in [4.78, 5) is 18.4. The summed E-state index contributed by atoms with van der Waals surface area (Å²) in [7, 11) is -1.01. The molecule has 1 atom stereocenters. The summed E-state index contributed by atoms with van der Waals surface area (Å²) in [5.41, 5.74) is 6.09. The molecule has 9 heteroatoms. The van der Waals surface area contributed by atoms with Crippen molar-refractivity contribution in [2.45, 2.75) is 11.4 Å². The highest BCUT2D eigenvalue weighted by atomic mass is 32.2. The van der Waals surface area contributed by atoms with Crippen molar-refractivity contribution in [3.8, 4) is 0 Å². The van der Waals surface area contributed by atoms with Crippen LogP contribution in [0.4, 0.5) is 17.5 Å². The first kappa shape index (κ1) is 14.9. The van der Waals surface area contributed by atoms with Crippen molar-refractivity contribution in [2.24, 2.45) is 0 Å². The number of rotatable bonds is 5. The molecule has 1 aromatic carbocycles. The van der Waals surface area contributed by atoms with Gasteiger partial charge in [-0.25, -0.2) is 4.98 Å². The van der Waals surface area contributed by atoms with Gasteiger partial charge in [-0.05, 0) is 17.7 Å². The van der Waals surface area contributed by atoms with Gasteiger partial charge in [0.25, 0.3) is 0 Å². The Kier molecular flexibility index (Phi) is 4.43. The van der Waals surface area contributed by atoms with Crippen molar-refractivity contribution < 1.29 is 9.13 Å². The molecule has 0 aliphatic carbocycles. The highest BCUT2D eigenvalue weighted by molar-refractivity contribution is 7.84. The number of benzene rings is 1. The molecule has 0 bridgehead atoms. The lowest BCUT2D eigenvalue weighted by Crippen LogP contribution is -2.07. The Bertz CT molecular complexity index is 690. The maximum absolute atomic E-state index is 11.3. The maximum Gasteiger partial charge on any atom is 0.329 e. The molecule has 0 radical (unpaired) electrons. The van der Waals surface area contributed by atoms with E-state index in [0.29, 0.717) is 6.54 Å². The number of hydrogen-bond acceptors (Lipinski definition) is 7. The maximum atomic E-state index is 11.3. The fourth-order valence-electron chi connectivity index (χ4n) is 1.59. The molecule has 2 rings (SSSR count). The average Bonchev–Trinajstić information content (AvgIpc) is 2.45. The third-order valence-corrected chi connectivity index (χ3v) is 3.64. The quantitative estimate of drug-likeness (QED) is 0.630. The second-order valence-electron chi connectivity index (χ2n) is 4.17. The number of hydrogen-bond donors (Lipinski definition) is 2. The summed E-state index contributed by atoms with van der Waals surface area (Å²) in [6, 6.07) is 7.22. The number of nitrogens with two attached hydrogens (primary N) is 1. The van der Waals surface area contributed by atoms with Crippen LogP contribution in [-0.2, 0) is 17.3 Å². The molecule has 1 aromatic heterocycles. The number of nitrogens with zero attached hydrogens (tertiary/aromatic N) is 3. The zero-order valence-corrected chi connectivity index (χ0v) is 12.0. The first-order valence-electron chi connectivity index (χ1n) is 5.90. The number of aromatic nitrogens is 2. The lowest BCUT2D eigenvalue weighted by atomic mass is 10.2. The van der Waals surface area contributed by atoms with Gasteiger partial charge < -0.3 is 11.1 Å². The van der Waals surface area contributed by atoms with Crippen LogP contribution in [0.3, 0.4) is 0 Å². The third-order valence-electron chi connectivity index (χ3n) is 2.70. The number of anilines is 2. The van der Waals surface area contributed by atoms with E-state index in [1.54, 1.807) is 18.4 Å². The molecule has 0 aliphatic rings. The lowest BCUT2D eigenvalue weighted by Gasteiger charge is -2.06. The standard InChI is InChI=1S/C12H13N5O3S/c1-21(20)9-4-2-8(3-5-9)6-14-12-15-7-10(17(18)19)11(13)16-12/h2-5,7H,6H2,1H3,(H3,13,14,15,16). The average molecular weight is 307 g/mol. The smallest absolute Gasteiger partial charge is 0.329 e. The Labute approximate surface area is 123 Å². The Balaban J connectivity index is 2.04. The molecule has 2 aromatic rings. The SMILES string of the molecule is CS(=O)c1ccc(CNc2ncc([N+](=O)[O-])c(N)n2)cc1. The van der Waals surface area contributed by atoms with Gasteiger partial charge in [-0.3, -0.25) is 14.3 Å². The highest BCUT2D eigenvalue weighted by Gasteiger charge is 2.13. The van der Waals surface area contributed by atoms with Gasteiger partial charge in [0, 0.05) is 28.5 Å². The topological polar surface area (TPSA) is 124 Å². The van der Waals surface area contributed by atoms with Gasteiger partial charge in [-0.1, -0.05) is 12.1 Å². The first-order chi connectivity index (χ1) is 9.97. The predicted molar refractivity (Wildman–Crippen MR) is 79.2 cm³/mol. The van der Waals surface area contributed by atoms with E-state index in [4.69, 9.17) is 5.73 Å². The fourth-order valence-corrected chi connectivity index (χ4v) is 2.11. The summed E-state index contributed by atoms with van der Waals surface area (Å²) in [5, 5.41) is 13.5. The van der Waals surface area contributed by atoms with E-state index in [2.05, 4.69) is 15.3 Å². The van der Waals surface area contributed by atoms with E-state index in [1.807, 2.05) is 12.1 Å². The van der Waals surface area contributed by atoms with Gasteiger partial charge >= 0.3 is 5.69 Å². The van der Waals surface area contributed by atoms with Crippen molar-refractivity contribution >= 4 is 28.3 Å². The summed E-state index contributed by atoms with van der Waals surface area (Å²) in [6.07, 6.45) is 2.68. The van der Waals surface area contributed by atoms with Crippen molar-refractivity contribution in [2.75, 3.05) is 17.3 Å². The van der Waals surface area contributed by atoms with Gasteiger partial charge in [0.1, 0.15) is 6.20 Å². The van der Waals surface area contributed by atoms with Gasteiger partial charge in [0.05, 0.1) is 4.92 Å². The van der Waals surface area contributed by atoms with Crippen molar-refractivity contribution in [3.05, 3.63) is 46.1 Å². The van der Waals surface area contributed by atoms with Gasteiger partial charge in [-0.2, -0.15) is 4.98 Å². The van der Waals surface area contributed by atoms with Crippen LogP contribution in [0.1, 0.15) is 5.56 Å². The molecule has 0 saturated carbocycles. The van der Waals surface area contributed by atoms with E-state index < -0.39 is 15.7 Å². The third kappa shape index (κ3) is 3.72. The monoisotopic (exact) mass is 307 g/mol. The molecule has 0 spiro atoms. The molecule has 1 heterocycles. The summed E-state index contributed by atoms with van der Waals surface area (Å²) >= 11 is 0. The molecule has 0 saturated heterocycles. The Morgan fingerprint density at radius 2 is 2.05 bits per heavy atom. The van der Waals surface area contributed by atoms with Crippen molar-refractivity contribution in [1.29, 1.82) is 0 Å². The van der Waals surface area contributed by atoms with E-state index in [-0.39, 0.29) is 17.5 Å². The minimum absolute atomic E-state index is 0.186. The van der Waals surface area contributed by atoms with Crippen LogP contribution in [0.2, 0.25) is 0 Å². The van der Waals surface area contributed by atoms with Crippen LogP contribution in [0.5, 0.6) is 0 Å². The molecule has 110 valence electrons.